The van der Waals surface area contributed by atoms with Gasteiger partial charge in [0.05, 0.1) is 0 Å². The highest BCUT2D eigenvalue weighted by atomic mass is 16.2. The molecule has 2 aromatic rings. The molecule has 2 heterocycles. The number of rotatable bonds is 5. The molecule has 4 rings (SSSR count). The molecule has 36 heavy (non-hydrogen) atoms. The fourth-order valence-corrected chi connectivity index (χ4v) is 5.12. The third kappa shape index (κ3) is 7.65. The molecule has 2 saturated heterocycles. The van der Waals surface area contributed by atoms with Crippen LogP contribution in [0.5, 0.6) is 0 Å². The van der Waals surface area contributed by atoms with Crippen LogP contribution >= 0.6 is 0 Å². The maximum Gasteiger partial charge on any atom is 0.253 e. The number of likely N-dealkylation sites (tertiary alicyclic amines) is 1. The van der Waals surface area contributed by atoms with Gasteiger partial charge in [-0.1, -0.05) is 48.5 Å². The molecular weight excluding hydrogens is 452 g/mol. The molecule has 2 aromatic carbocycles. The highest BCUT2D eigenvalue weighted by Crippen LogP contribution is 2.18. The van der Waals surface area contributed by atoms with Crippen molar-refractivity contribution in [1.82, 2.24) is 20.4 Å². The Labute approximate surface area is 214 Å². The summed E-state index contributed by atoms with van der Waals surface area (Å²) in [4.78, 5) is 42.7. The minimum atomic E-state index is -0.167. The van der Waals surface area contributed by atoms with Crippen LogP contribution in [0.15, 0.2) is 60.7 Å². The van der Waals surface area contributed by atoms with E-state index in [2.05, 4.69) is 39.8 Å². The summed E-state index contributed by atoms with van der Waals surface area (Å²) in [7, 11) is 0. The number of benzene rings is 2. The van der Waals surface area contributed by atoms with E-state index in [4.69, 9.17) is 0 Å². The van der Waals surface area contributed by atoms with E-state index in [0.29, 0.717) is 38.0 Å². The molecule has 7 heteroatoms. The molecule has 7 nitrogen and oxygen atoms in total. The number of nitrogens with zero attached hydrogens (tertiary/aromatic N) is 2. The third-order valence-electron chi connectivity index (χ3n) is 7.27. The number of carbonyl (C=O) groups excluding carboxylic acids is 3. The zero-order valence-electron chi connectivity index (χ0n) is 21.0. The summed E-state index contributed by atoms with van der Waals surface area (Å²) in [6.45, 7) is 4.30. The fraction of sp³-hybridized carbons (Fsp3) is 0.483. The standard InChI is InChI=1S/C29H38N4O3/c34-27-16-21-33(29(36)25-10-5-2-6-11-25)18-7-12-24(13-17-30-27)28(35)31-26-14-19-32(20-15-26)22-23-8-3-1-4-9-23/h1-6,8-11,24,26H,7,12-22H2,(H,30,34)(H,31,35). The molecule has 2 N–H and O–H groups in total. The number of amides is 3. The molecule has 2 fully saturated rings. The first-order valence-electron chi connectivity index (χ1n) is 13.3. The molecule has 1 unspecified atom stereocenters. The van der Waals surface area contributed by atoms with E-state index < -0.39 is 0 Å². The predicted octanol–water partition coefficient (Wildman–Crippen LogP) is 3.22. The highest BCUT2D eigenvalue weighted by molar-refractivity contribution is 5.94. The summed E-state index contributed by atoms with van der Waals surface area (Å²) in [6.07, 6.45) is 4.23. The Bertz CT molecular complexity index is 990. The quantitative estimate of drug-likeness (QED) is 0.674. The molecule has 0 saturated carbocycles. The lowest BCUT2D eigenvalue weighted by molar-refractivity contribution is -0.127. The first-order chi connectivity index (χ1) is 17.6. The Hall–Kier alpha value is -3.19. The number of hydrogen-bond donors (Lipinski definition) is 2. The van der Waals surface area contributed by atoms with Gasteiger partial charge in [0.25, 0.3) is 5.91 Å². The van der Waals surface area contributed by atoms with E-state index in [9.17, 15) is 14.4 Å². The molecule has 3 amide bonds. The SMILES string of the molecule is O=C1CCN(C(=O)c2ccccc2)CCCC(C(=O)NC2CCN(Cc3ccccc3)CC2)CCN1. The minimum absolute atomic E-state index is 0.0640. The van der Waals surface area contributed by atoms with Crippen molar-refractivity contribution in [3.8, 4) is 0 Å². The summed E-state index contributed by atoms with van der Waals surface area (Å²) in [5.74, 6) is -0.232. The lowest BCUT2D eigenvalue weighted by Crippen LogP contribution is -2.46. The van der Waals surface area contributed by atoms with Crippen LogP contribution in [0.3, 0.4) is 0 Å². The molecule has 2 aliphatic rings. The van der Waals surface area contributed by atoms with Crippen LogP contribution < -0.4 is 10.6 Å². The van der Waals surface area contributed by atoms with Gasteiger partial charge in [-0.2, -0.15) is 0 Å². The van der Waals surface area contributed by atoms with Crippen molar-refractivity contribution in [3.63, 3.8) is 0 Å². The first kappa shape index (κ1) is 25.9. The zero-order valence-corrected chi connectivity index (χ0v) is 21.0. The third-order valence-corrected chi connectivity index (χ3v) is 7.27. The average Bonchev–Trinajstić information content (AvgIpc) is 2.95. The van der Waals surface area contributed by atoms with Gasteiger partial charge in [0, 0.05) is 63.2 Å². The second kappa shape index (κ2) is 13.2. The predicted molar refractivity (Wildman–Crippen MR) is 140 cm³/mol. The van der Waals surface area contributed by atoms with Crippen LogP contribution in [0, 0.1) is 5.92 Å². The molecule has 0 spiro atoms. The smallest absolute Gasteiger partial charge is 0.253 e. The molecule has 0 aromatic heterocycles. The van der Waals surface area contributed by atoms with Gasteiger partial charge in [0.2, 0.25) is 11.8 Å². The highest BCUT2D eigenvalue weighted by Gasteiger charge is 2.26. The number of piperidine rings is 1. The lowest BCUT2D eigenvalue weighted by atomic mass is 9.96. The van der Waals surface area contributed by atoms with E-state index in [-0.39, 0.29) is 36.1 Å². The van der Waals surface area contributed by atoms with Crippen molar-refractivity contribution in [2.75, 3.05) is 32.7 Å². The van der Waals surface area contributed by atoms with Gasteiger partial charge in [-0.25, -0.2) is 0 Å². The van der Waals surface area contributed by atoms with Gasteiger partial charge in [-0.3, -0.25) is 19.3 Å². The van der Waals surface area contributed by atoms with E-state index in [1.165, 1.54) is 5.56 Å². The second-order valence-corrected chi connectivity index (χ2v) is 9.93. The van der Waals surface area contributed by atoms with Gasteiger partial charge in [-0.05, 0) is 49.8 Å². The Morgan fingerprint density at radius 2 is 1.56 bits per heavy atom. The van der Waals surface area contributed by atoms with Gasteiger partial charge in [-0.15, -0.1) is 0 Å². The van der Waals surface area contributed by atoms with E-state index in [1.54, 1.807) is 17.0 Å². The molecule has 0 bridgehead atoms. The molecular formula is C29H38N4O3. The maximum atomic E-state index is 13.2. The number of carbonyl (C=O) groups is 3. The Morgan fingerprint density at radius 1 is 0.861 bits per heavy atom. The second-order valence-electron chi connectivity index (χ2n) is 9.93. The molecule has 192 valence electrons. The van der Waals surface area contributed by atoms with Crippen molar-refractivity contribution in [1.29, 1.82) is 0 Å². The fourth-order valence-electron chi connectivity index (χ4n) is 5.12. The maximum absolute atomic E-state index is 13.2. The Balaban J connectivity index is 1.28. The molecule has 0 aliphatic carbocycles. The van der Waals surface area contributed by atoms with Gasteiger partial charge in [0.15, 0.2) is 0 Å². The van der Waals surface area contributed by atoms with Crippen molar-refractivity contribution < 1.29 is 14.4 Å². The summed E-state index contributed by atoms with van der Waals surface area (Å²) >= 11 is 0. The largest absolute Gasteiger partial charge is 0.356 e. The van der Waals surface area contributed by atoms with Crippen LogP contribution in [0.25, 0.3) is 0 Å². The average molecular weight is 491 g/mol. The topological polar surface area (TPSA) is 81.8 Å². The summed E-state index contributed by atoms with van der Waals surface area (Å²) < 4.78 is 0. The monoisotopic (exact) mass is 490 g/mol. The van der Waals surface area contributed by atoms with Gasteiger partial charge >= 0.3 is 0 Å². The normalized spacial score (nSPS) is 20.7. The van der Waals surface area contributed by atoms with E-state index in [0.717, 1.165) is 38.9 Å². The van der Waals surface area contributed by atoms with Crippen molar-refractivity contribution in [3.05, 3.63) is 71.8 Å². The molecule has 1 atom stereocenters. The van der Waals surface area contributed by atoms with Crippen molar-refractivity contribution in [2.45, 2.75) is 51.1 Å². The Kier molecular flexibility index (Phi) is 9.50. The lowest BCUT2D eigenvalue weighted by Gasteiger charge is -2.33. The first-order valence-corrected chi connectivity index (χ1v) is 13.3. The molecule has 0 radical (unpaired) electrons. The van der Waals surface area contributed by atoms with Crippen molar-refractivity contribution in [2.24, 2.45) is 5.92 Å². The van der Waals surface area contributed by atoms with Crippen LogP contribution in [0.4, 0.5) is 0 Å². The number of hydrogen-bond acceptors (Lipinski definition) is 4. The van der Waals surface area contributed by atoms with Gasteiger partial charge < -0.3 is 15.5 Å². The minimum Gasteiger partial charge on any atom is -0.356 e. The van der Waals surface area contributed by atoms with E-state index >= 15 is 0 Å². The van der Waals surface area contributed by atoms with E-state index in [1.807, 2.05) is 24.3 Å². The zero-order chi connectivity index (χ0) is 25.2. The Morgan fingerprint density at radius 3 is 2.28 bits per heavy atom. The van der Waals surface area contributed by atoms with Gasteiger partial charge in [0.1, 0.15) is 0 Å². The van der Waals surface area contributed by atoms with Crippen LogP contribution in [-0.2, 0) is 16.1 Å². The summed E-state index contributed by atoms with van der Waals surface area (Å²) in [6, 6.07) is 19.9. The number of nitrogens with one attached hydrogen (secondary N) is 2. The summed E-state index contributed by atoms with van der Waals surface area (Å²) in [5, 5.41) is 6.22. The summed E-state index contributed by atoms with van der Waals surface area (Å²) in [5.41, 5.74) is 1.94. The van der Waals surface area contributed by atoms with Crippen LogP contribution in [0.1, 0.15) is 54.4 Å². The van der Waals surface area contributed by atoms with Crippen molar-refractivity contribution >= 4 is 17.7 Å². The van der Waals surface area contributed by atoms with Crippen LogP contribution in [-0.4, -0.2) is 66.3 Å². The van der Waals surface area contributed by atoms with Crippen LogP contribution in [0.2, 0.25) is 0 Å². The molecule has 2 aliphatic heterocycles.